The summed E-state index contributed by atoms with van der Waals surface area (Å²) in [6.07, 6.45) is 1.42. The Balaban J connectivity index is 2.98. The molecule has 0 aliphatic rings. The van der Waals surface area contributed by atoms with Crippen molar-refractivity contribution >= 4 is 10.0 Å². The van der Waals surface area contributed by atoms with Gasteiger partial charge >= 0.3 is 0 Å². The van der Waals surface area contributed by atoms with E-state index in [1.807, 2.05) is 34.6 Å². The van der Waals surface area contributed by atoms with Crippen molar-refractivity contribution in [1.29, 1.82) is 0 Å². The zero-order valence-electron chi connectivity index (χ0n) is 13.7. The molecule has 0 atom stereocenters. The molecule has 0 aromatic heterocycles. The van der Waals surface area contributed by atoms with Crippen molar-refractivity contribution in [2.75, 3.05) is 12.4 Å². The van der Waals surface area contributed by atoms with Crippen molar-refractivity contribution in [2.24, 2.45) is 10.6 Å². The number of ether oxygens (including phenoxy) is 1. The first-order valence-corrected chi connectivity index (χ1v) is 9.05. The highest BCUT2D eigenvalue weighted by molar-refractivity contribution is 7.89. The van der Waals surface area contributed by atoms with Gasteiger partial charge in [0.05, 0.1) is 12.4 Å². The topological polar surface area (TPSA) is 69.4 Å². The first-order chi connectivity index (χ1) is 9.62. The molecule has 21 heavy (non-hydrogen) atoms. The number of primary sulfonamides is 1. The van der Waals surface area contributed by atoms with E-state index in [4.69, 9.17) is 9.88 Å². The standard InChI is InChI=1S/C16H27NO3S/c1-6-16(7-2,11-21(17,18)19)10-20-15-13(4)8-12(3)9-14(15)5/h8-9H,6-7,10-11H2,1-5H3,(H2,17,18,19). The number of sulfonamides is 1. The molecule has 0 heterocycles. The lowest BCUT2D eigenvalue weighted by Crippen LogP contribution is -2.37. The molecular weight excluding hydrogens is 286 g/mol. The predicted octanol–water partition coefficient (Wildman–Crippen LogP) is 3.09. The molecule has 0 unspecified atom stereocenters. The molecule has 1 rings (SSSR count). The van der Waals surface area contributed by atoms with E-state index in [0.29, 0.717) is 19.4 Å². The highest BCUT2D eigenvalue weighted by atomic mass is 32.2. The Morgan fingerprint density at radius 2 is 1.57 bits per heavy atom. The Kier molecular flexibility index (Phi) is 5.82. The van der Waals surface area contributed by atoms with Gasteiger partial charge in [0.2, 0.25) is 10.0 Å². The van der Waals surface area contributed by atoms with Gasteiger partial charge in [0, 0.05) is 5.41 Å². The molecule has 0 aliphatic heterocycles. The summed E-state index contributed by atoms with van der Waals surface area (Å²) in [7, 11) is -3.52. The summed E-state index contributed by atoms with van der Waals surface area (Å²) in [6.45, 7) is 10.4. The average molecular weight is 313 g/mol. The van der Waals surface area contributed by atoms with Crippen LogP contribution in [-0.4, -0.2) is 20.8 Å². The molecule has 0 amide bonds. The summed E-state index contributed by atoms with van der Waals surface area (Å²) in [5.41, 5.74) is 2.91. The smallest absolute Gasteiger partial charge is 0.209 e. The van der Waals surface area contributed by atoms with Crippen LogP contribution < -0.4 is 9.88 Å². The van der Waals surface area contributed by atoms with Crippen LogP contribution in [0.4, 0.5) is 0 Å². The minimum absolute atomic E-state index is 0.0447. The quantitative estimate of drug-likeness (QED) is 0.841. The molecule has 2 N–H and O–H groups in total. The highest BCUT2D eigenvalue weighted by Crippen LogP contribution is 2.31. The molecular formula is C16H27NO3S. The molecule has 0 spiro atoms. The van der Waals surface area contributed by atoms with Crippen LogP contribution in [0.3, 0.4) is 0 Å². The van der Waals surface area contributed by atoms with E-state index in [2.05, 4.69) is 12.1 Å². The van der Waals surface area contributed by atoms with Crippen LogP contribution in [0, 0.1) is 26.2 Å². The summed E-state index contributed by atoms with van der Waals surface area (Å²) in [6, 6.07) is 4.14. The zero-order valence-corrected chi connectivity index (χ0v) is 14.5. The number of aryl methyl sites for hydroxylation is 3. The van der Waals surface area contributed by atoms with Crippen LogP contribution in [0.25, 0.3) is 0 Å². The molecule has 1 aromatic carbocycles. The number of hydrogen-bond acceptors (Lipinski definition) is 3. The molecule has 4 nitrogen and oxygen atoms in total. The van der Waals surface area contributed by atoms with Gasteiger partial charge in [-0.15, -0.1) is 0 Å². The van der Waals surface area contributed by atoms with E-state index in [1.54, 1.807) is 0 Å². The maximum absolute atomic E-state index is 11.5. The lowest BCUT2D eigenvalue weighted by atomic mass is 9.85. The summed E-state index contributed by atoms with van der Waals surface area (Å²) in [5, 5.41) is 5.24. The monoisotopic (exact) mass is 313 g/mol. The fourth-order valence-corrected chi connectivity index (χ4v) is 4.09. The second-order valence-corrected chi connectivity index (χ2v) is 7.65. The molecule has 120 valence electrons. The van der Waals surface area contributed by atoms with Crippen LogP contribution in [0.15, 0.2) is 12.1 Å². The van der Waals surface area contributed by atoms with Crippen molar-refractivity contribution in [3.63, 3.8) is 0 Å². The summed E-state index contributed by atoms with van der Waals surface area (Å²) >= 11 is 0. The Morgan fingerprint density at radius 1 is 1.10 bits per heavy atom. The molecule has 0 bridgehead atoms. The van der Waals surface area contributed by atoms with E-state index < -0.39 is 15.4 Å². The highest BCUT2D eigenvalue weighted by Gasteiger charge is 2.32. The van der Waals surface area contributed by atoms with Crippen molar-refractivity contribution in [3.8, 4) is 5.75 Å². The fourth-order valence-electron chi connectivity index (χ4n) is 2.75. The van der Waals surface area contributed by atoms with Crippen molar-refractivity contribution < 1.29 is 13.2 Å². The number of benzene rings is 1. The van der Waals surface area contributed by atoms with Gasteiger partial charge in [-0.05, 0) is 44.7 Å². The maximum atomic E-state index is 11.5. The molecule has 1 aromatic rings. The molecule has 5 heteroatoms. The van der Waals surface area contributed by atoms with Gasteiger partial charge in [-0.1, -0.05) is 31.5 Å². The van der Waals surface area contributed by atoms with Gasteiger partial charge in [-0.25, -0.2) is 13.6 Å². The van der Waals surface area contributed by atoms with Gasteiger partial charge in [0.1, 0.15) is 5.75 Å². The number of rotatable bonds is 7. The van der Waals surface area contributed by atoms with Crippen LogP contribution in [0.5, 0.6) is 5.75 Å². The van der Waals surface area contributed by atoms with Crippen LogP contribution >= 0.6 is 0 Å². The van der Waals surface area contributed by atoms with Crippen molar-refractivity contribution in [3.05, 3.63) is 28.8 Å². The van der Waals surface area contributed by atoms with Crippen LogP contribution in [0.1, 0.15) is 43.4 Å². The zero-order chi connectivity index (χ0) is 16.3. The first kappa shape index (κ1) is 18.0. The van der Waals surface area contributed by atoms with Gasteiger partial charge in [-0.3, -0.25) is 0 Å². The average Bonchev–Trinajstić information content (AvgIpc) is 2.34. The van der Waals surface area contributed by atoms with Crippen LogP contribution in [-0.2, 0) is 10.0 Å². The summed E-state index contributed by atoms with van der Waals surface area (Å²) in [4.78, 5) is 0. The van der Waals surface area contributed by atoms with Gasteiger partial charge in [0.25, 0.3) is 0 Å². The molecule has 0 saturated carbocycles. The lowest BCUT2D eigenvalue weighted by Gasteiger charge is -2.31. The minimum atomic E-state index is -3.52. The Labute approximate surface area is 128 Å². The lowest BCUT2D eigenvalue weighted by molar-refractivity contribution is 0.153. The third kappa shape index (κ3) is 5.00. The molecule has 0 aliphatic carbocycles. The molecule has 0 radical (unpaired) electrons. The van der Waals surface area contributed by atoms with Crippen molar-refractivity contribution in [2.45, 2.75) is 47.5 Å². The summed E-state index contributed by atoms with van der Waals surface area (Å²) < 4.78 is 28.9. The van der Waals surface area contributed by atoms with E-state index in [9.17, 15) is 8.42 Å². The fraction of sp³-hybridized carbons (Fsp3) is 0.625. The third-order valence-electron chi connectivity index (χ3n) is 4.13. The van der Waals surface area contributed by atoms with Gasteiger partial charge in [0.15, 0.2) is 0 Å². The normalized spacial score (nSPS) is 12.5. The molecule has 0 saturated heterocycles. The Bertz CT molecular complexity index is 567. The predicted molar refractivity (Wildman–Crippen MR) is 87.1 cm³/mol. The summed E-state index contributed by atoms with van der Waals surface area (Å²) in [5.74, 6) is 0.804. The Hall–Kier alpha value is -1.07. The van der Waals surface area contributed by atoms with Crippen LogP contribution in [0.2, 0.25) is 0 Å². The molecule has 0 fully saturated rings. The second-order valence-electron chi connectivity index (χ2n) is 6.03. The first-order valence-electron chi connectivity index (χ1n) is 7.33. The van der Waals surface area contributed by atoms with E-state index in [-0.39, 0.29) is 5.75 Å². The SMILES string of the molecule is CCC(CC)(COc1c(C)cc(C)cc1C)CS(N)(=O)=O. The second kappa shape index (κ2) is 6.79. The minimum Gasteiger partial charge on any atom is -0.492 e. The van der Waals surface area contributed by atoms with Crippen molar-refractivity contribution in [1.82, 2.24) is 0 Å². The maximum Gasteiger partial charge on any atom is 0.209 e. The van der Waals surface area contributed by atoms with E-state index in [1.165, 1.54) is 5.56 Å². The van der Waals surface area contributed by atoms with E-state index >= 15 is 0 Å². The van der Waals surface area contributed by atoms with Gasteiger partial charge < -0.3 is 4.74 Å². The number of nitrogens with two attached hydrogens (primary N) is 1. The third-order valence-corrected chi connectivity index (χ3v) is 5.15. The Morgan fingerprint density at radius 3 is 1.95 bits per heavy atom. The van der Waals surface area contributed by atoms with E-state index in [0.717, 1.165) is 16.9 Å². The largest absolute Gasteiger partial charge is 0.492 e. The van der Waals surface area contributed by atoms with Gasteiger partial charge in [-0.2, -0.15) is 0 Å². The number of hydrogen-bond donors (Lipinski definition) is 1.